The minimum Gasteiger partial charge on any atom is -0.332 e. The molecule has 0 heterocycles. The van der Waals surface area contributed by atoms with E-state index in [1.54, 1.807) is 4.90 Å². The smallest absolute Gasteiger partial charge is 0.223 e. The van der Waals surface area contributed by atoms with Crippen LogP contribution in [0.5, 0.6) is 0 Å². The molecule has 0 aliphatic heterocycles. The van der Waals surface area contributed by atoms with Gasteiger partial charge >= 0.3 is 0 Å². The van der Waals surface area contributed by atoms with Crippen molar-refractivity contribution in [2.45, 2.75) is 40.0 Å². The minimum atomic E-state index is 0.139. The first-order valence-corrected chi connectivity index (χ1v) is 5.88. The van der Waals surface area contributed by atoms with Crippen LogP contribution in [0, 0.1) is 17.8 Å². The van der Waals surface area contributed by atoms with Gasteiger partial charge in [0.15, 0.2) is 0 Å². The molecule has 0 unspecified atom stereocenters. The second kappa shape index (κ2) is 7.29. The summed E-state index contributed by atoms with van der Waals surface area (Å²) >= 11 is 0. The van der Waals surface area contributed by atoms with Crippen molar-refractivity contribution in [2.24, 2.45) is 11.1 Å². The first-order valence-electron chi connectivity index (χ1n) is 5.88. The first-order chi connectivity index (χ1) is 7.46. The molecule has 0 saturated carbocycles. The molecule has 92 valence electrons. The second-order valence-corrected chi connectivity index (χ2v) is 4.81. The molecule has 1 amide bonds. The number of rotatable bonds is 7. The monoisotopic (exact) mass is 224 g/mol. The molecule has 0 aliphatic rings. The van der Waals surface area contributed by atoms with Crippen LogP contribution in [-0.2, 0) is 4.79 Å². The molecule has 0 aromatic heterocycles. The molecule has 3 nitrogen and oxygen atoms in total. The maximum absolute atomic E-state index is 11.8. The zero-order chi connectivity index (χ0) is 12.6. The molecule has 0 saturated heterocycles. The Bertz CT molecular complexity index is 253. The molecular formula is C13H24N2O. The standard InChI is InChI=1S/C13H24N2O/c1-5-11-15(6-2)12(16)7-8-13(3,4)9-10-14/h1H,6-11,14H2,2-4H3. The average molecular weight is 224 g/mol. The lowest BCUT2D eigenvalue weighted by Crippen LogP contribution is -2.32. The van der Waals surface area contributed by atoms with E-state index in [2.05, 4.69) is 19.8 Å². The van der Waals surface area contributed by atoms with Gasteiger partial charge in [0.2, 0.25) is 5.91 Å². The van der Waals surface area contributed by atoms with Gasteiger partial charge in [0.05, 0.1) is 6.54 Å². The van der Waals surface area contributed by atoms with Crippen molar-refractivity contribution in [1.29, 1.82) is 0 Å². The van der Waals surface area contributed by atoms with E-state index in [4.69, 9.17) is 12.2 Å². The molecule has 0 spiro atoms. The van der Waals surface area contributed by atoms with Crippen molar-refractivity contribution in [3.05, 3.63) is 0 Å². The van der Waals surface area contributed by atoms with Crippen LogP contribution in [0.15, 0.2) is 0 Å². The van der Waals surface area contributed by atoms with Crippen LogP contribution in [0.3, 0.4) is 0 Å². The predicted molar refractivity (Wildman–Crippen MR) is 67.8 cm³/mol. The number of terminal acetylenes is 1. The van der Waals surface area contributed by atoms with Gasteiger partial charge in [-0.25, -0.2) is 0 Å². The van der Waals surface area contributed by atoms with Crippen LogP contribution in [0.25, 0.3) is 0 Å². The van der Waals surface area contributed by atoms with Gasteiger partial charge in [-0.3, -0.25) is 4.79 Å². The Kier molecular flexibility index (Phi) is 6.83. The number of nitrogens with two attached hydrogens (primary N) is 1. The summed E-state index contributed by atoms with van der Waals surface area (Å²) in [5, 5.41) is 0. The lowest BCUT2D eigenvalue weighted by atomic mass is 9.84. The molecule has 3 heteroatoms. The summed E-state index contributed by atoms with van der Waals surface area (Å²) < 4.78 is 0. The largest absolute Gasteiger partial charge is 0.332 e. The van der Waals surface area contributed by atoms with Gasteiger partial charge in [-0.15, -0.1) is 6.42 Å². The lowest BCUT2D eigenvalue weighted by molar-refractivity contribution is -0.131. The second-order valence-electron chi connectivity index (χ2n) is 4.81. The van der Waals surface area contributed by atoms with Crippen LogP contribution in [-0.4, -0.2) is 30.4 Å². The summed E-state index contributed by atoms with van der Waals surface area (Å²) in [4.78, 5) is 13.5. The maximum atomic E-state index is 11.8. The van der Waals surface area contributed by atoms with Crippen molar-refractivity contribution in [2.75, 3.05) is 19.6 Å². The zero-order valence-corrected chi connectivity index (χ0v) is 10.8. The number of hydrogen-bond donors (Lipinski definition) is 1. The van der Waals surface area contributed by atoms with Gasteiger partial charge in [-0.05, 0) is 31.7 Å². The van der Waals surface area contributed by atoms with E-state index >= 15 is 0 Å². The molecule has 0 atom stereocenters. The number of amides is 1. The van der Waals surface area contributed by atoms with Crippen molar-refractivity contribution in [3.63, 3.8) is 0 Å². The Morgan fingerprint density at radius 1 is 1.44 bits per heavy atom. The zero-order valence-electron chi connectivity index (χ0n) is 10.8. The topological polar surface area (TPSA) is 46.3 Å². The Hall–Kier alpha value is -1.01. The molecular weight excluding hydrogens is 200 g/mol. The molecule has 0 aromatic carbocycles. The van der Waals surface area contributed by atoms with E-state index in [0.29, 0.717) is 26.1 Å². The Morgan fingerprint density at radius 3 is 2.50 bits per heavy atom. The summed E-state index contributed by atoms with van der Waals surface area (Å²) in [5.74, 6) is 2.65. The highest BCUT2D eigenvalue weighted by Gasteiger charge is 2.20. The van der Waals surface area contributed by atoms with Gasteiger partial charge in [0, 0.05) is 13.0 Å². The highest BCUT2D eigenvalue weighted by molar-refractivity contribution is 5.76. The minimum absolute atomic E-state index is 0.139. The van der Waals surface area contributed by atoms with Gasteiger partial charge in [-0.1, -0.05) is 19.8 Å². The number of carbonyl (C=O) groups excluding carboxylic acids is 1. The Morgan fingerprint density at radius 2 is 2.06 bits per heavy atom. The van der Waals surface area contributed by atoms with E-state index in [1.807, 2.05) is 6.92 Å². The normalized spacial score (nSPS) is 10.9. The van der Waals surface area contributed by atoms with Gasteiger partial charge < -0.3 is 10.6 Å². The van der Waals surface area contributed by atoms with E-state index in [-0.39, 0.29) is 11.3 Å². The summed E-state index contributed by atoms with van der Waals surface area (Å²) in [7, 11) is 0. The van der Waals surface area contributed by atoms with Crippen LogP contribution in [0.4, 0.5) is 0 Å². The molecule has 0 aliphatic carbocycles. The lowest BCUT2D eigenvalue weighted by Gasteiger charge is -2.25. The molecule has 0 fully saturated rings. The number of hydrogen-bond acceptors (Lipinski definition) is 2. The molecule has 0 aromatic rings. The summed E-state index contributed by atoms with van der Waals surface area (Å²) in [6.45, 7) is 7.99. The molecule has 0 bridgehead atoms. The molecule has 16 heavy (non-hydrogen) atoms. The maximum Gasteiger partial charge on any atom is 0.223 e. The third-order valence-electron chi connectivity index (χ3n) is 2.85. The van der Waals surface area contributed by atoms with Crippen molar-refractivity contribution in [3.8, 4) is 12.3 Å². The van der Waals surface area contributed by atoms with Crippen molar-refractivity contribution >= 4 is 5.91 Å². The van der Waals surface area contributed by atoms with Crippen LogP contribution < -0.4 is 5.73 Å². The van der Waals surface area contributed by atoms with E-state index in [0.717, 1.165) is 12.8 Å². The van der Waals surface area contributed by atoms with Crippen LogP contribution in [0.1, 0.15) is 40.0 Å². The fourth-order valence-electron chi connectivity index (χ4n) is 1.61. The third-order valence-corrected chi connectivity index (χ3v) is 2.85. The summed E-state index contributed by atoms with van der Waals surface area (Å²) in [6.07, 6.45) is 7.58. The fraction of sp³-hybridized carbons (Fsp3) is 0.769. The highest BCUT2D eigenvalue weighted by Crippen LogP contribution is 2.26. The Labute approximate surface area is 99.4 Å². The first kappa shape index (κ1) is 15.0. The van der Waals surface area contributed by atoms with Crippen LogP contribution in [0.2, 0.25) is 0 Å². The van der Waals surface area contributed by atoms with E-state index < -0.39 is 0 Å². The summed E-state index contributed by atoms with van der Waals surface area (Å²) in [5.41, 5.74) is 5.67. The van der Waals surface area contributed by atoms with Crippen molar-refractivity contribution < 1.29 is 4.79 Å². The number of nitrogens with zero attached hydrogens (tertiary/aromatic N) is 1. The predicted octanol–water partition coefficient (Wildman–Crippen LogP) is 1.62. The molecule has 2 N–H and O–H groups in total. The number of carbonyl (C=O) groups is 1. The molecule has 0 rings (SSSR count). The Balaban J connectivity index is 4.10. The fourth-order valence-corrected chi connectivity index (χ4v) is 1.61. The van der Waals surface area contributed by atoms with E-state index in [9.17, 15) is 4.79 Å². The third kappa shape index (κ3) is 5.77. The summed E-state index contributed by atoms with van der Waals surface area (Å²) in [6, 6.07) is 0. The quantitative estimate of drug-likeness (QED) is 0.668. The van der Waals surface area contributed by atoms with E-state index in [1.165, 1.54) is 0 Å². The van der Waals surface area contributed by atoms with Gasteiger partial charge in [-0.2, -0.15) is 0 Å². The highest BCUT2D eigenvalue weighted by atomic mass is 16.2. The average Bonchev–Trinajstić information content (AvgIpc) is 2.22. The van der Waals surface area contributed by atoms with Gasteiger partial charge in [0.25, 0.3) is 0 Å². The van der Waals surface area contributed by atoms with Crippen molar-refractivity contribution in [1.82, 2.24) is 4.90 Å². The van der Waals surface area contributed by atoms with Crippen LogP contribution >= 0.6 is 0 Å². The van der Waals surface area contributed by atoms with Gasteiger partial charge in [0.1, 0.15) is 0 Å². The molecule has 0 radical (unpaired) electrons. The SMILES string of the molecule is C#CCN(CC)C(=O)CCC(C)(C)CCN.